The lowest BCUT2D eigenvalue weighted by Crippen LogP contribution is -2.45. The van der Waals surface area contributed by atoms with Crippen LogP contribution in [0.3, 0.4) is 0 Å². The molecule has 0 bridgehead atoms. The molecule has 0 spiro atoms. The monoisotopic (exact) mass is 258 g/mol. The summed E-state index contributed by atoms with van der Waals surface area (Å²) in [7, 11) is -1.75. The largest absolute Gasteiger partial charge is 0.481 e. The third-order valence-electron chi connectivity index (χ3n) is 4.24. The van der Waals surface area contributed by atoms with Crippen LogP contribution in [0.25, 0.3) is 0 Å². The lowest BCUT2D eigenvalue weighted by molar-refractivity contribution is -0.144. The number of carboxylic acids is 1. The van der Waals surface area contributed by atoms with E-state index in [0.29, 0.717) is 6.42 Å². The molecule has 1 rings (SSSR count). The van der Waals surface area contributed by atoms with Crippen molar-refractivity contribution >= 4 is 14.3 Å². The van der Waals surface area contributed by atoms with E-state index in [4.69, 9.17) is 9.53 Å². The van der Waals surface area contributed by atoms with Crippen molar-refractivity contribution < 1.29 is 14.3 Å². The first-order valence-corrected chi connectivity index (χ1v) is 9.45. The van der Waals surface area contributed by atoms with Crippen LogP contribution < -0.4 is 0 Å². The van der Waals surface area contributed by atoms with Gasteiger partial charge in [-0.15, -0.1) is 0 Å². The highest BCUT2D eigenvalue weighted by Gasteiger charge is 2.40. The van der Waals surface area contributed by atoms with Gasteiger partial charge < -0.3 is 9.53 Å². The van der Waals surface area contributed by atoms with Crippen LogP contribution in [0, 0.1) is 5.92 Å². The second-order valence-electron chi connectivity index (χ2n) is 6.70. The summed E-state index contributed by atoms with van der Waals surface area (Å²) in [4.78, 5) is 11.0. The van der Waals surface area contributed by atoms with Crippen LogP contribution in [0.1, 0.15) is 46.5 Å². The average molecular weight is 258 g/mol. The van der Waals surface area contributed by atoms with E-state index in [9.17, 15) is 4.79 Å². The predicted octanol–water partition coefficient (Wildman–Crippen LogP) is 3.65. The topological polar surface area (TPSA) is 46.5 Å². The first kappa shape index (κ1) is 14.7. The third-order valence-corrected chi connectivity index (χ3v) is 8.78. The molecule has 2 unspecified atom stereocenters. The maximum absolute atomic E-state index is 11.0. The fourth-order valence-corrected chi connectivity index (χ4v) is 3.47. The summed E-state index contributed by atoms with van der Waals surface area (Å²) in [6.45, 7) is 11.1. The predicted molar refractivity (Wildman–Crippen MR) is 71.7 cm³/mol. The van der Waals surface area contributed by atoms with Gasteiger partial charge in [0.05, 0.1) is 5.92 Å². The highest BCUT2D eigenvalue weighted by Crippen LogP contribution is 2.39. The van der Waals surface area contributed by atoms with Gasteiger partial charge in [-0.25, -0.2) is 0 Å². The number of aliphatic carboxylic acids is 1. The molecule has 3 nitrogen and oxygen atoms in total. The van der Waals surface area contributed by atoms with Crippen molar-refractivity contribution in [1.82, 2.24) is 0 Å². The maximum atomic E-state index is 11.0. The first-order valence-electron chi connectivity index (χ1n) is 6.54. The number of rotatable bonds is 3. The van der Waals surface area contributed by atoms with Crippen molar-refractivity contribution in [3.05, 3.63) is 0 Å². The summed E-state index contributed by atoms with van der Waals surface area (Å²) in [5.74, 6) is -0.855. The van der Waals surface area contributed by atoms with Crippen LogP contribution in [0.5, 0.6) is 0 Å². The van der Waals surface area contributed by atoms with Crippen molar-refractivity contribution in [3.63, 3.8) is 0 Å². The molecule has 17 heavy (non-hydrogen) atoms. The summed E-state index contributed by atoms with van der Waals surface area (Å²) in [6, 6.07) is 0. The molecule has 0 saturated heterocycles. The Bertz CT molecular complexity index is 281. The SMILES string of the molecule is CC(C)(C)[Si](C)(C)OC1CCCC(C(=O)O)C1. The lowest BCUT2D eigenvalue weighted by Gasteiger charge is -2.41. The van der Waals surface area contributed by atoms with Gasteiger partial charge in [-0.3, -0.25) is 4.79 Å². The van der Waals surface area contributed by atoms with Gasteiger partial charge in [-0.1, -0.05) is 27.2 Å². The average Bonchev–Trinajstić information content (AvgIpc) is 2.15. The van der Waals surface area contributed by atoms with Gasteiger partial charge in [0.25, 0.3) is 0 Å². The van der Waals surface area contributed by atoms with E-state index >= 15 is 0 Å². The second kappa shape index (κ2) is 5.10. The second-order valence-corrected chi connectivity index (χ2v) is 11.5. The molecule has 1 saturated carbocycles. The van der Waals surface area contributed by atoms with Crippen molar-refractivity contribution in [2.75, 3.05) is 0 Å². The molecule has 0 aromatic carbocycles. The number of hydrogen-bond donors (Lipinski definition) is 1. The Balaban J connectivity index is 2.60. The Labute approximate surface area is 106 Å². The molecular weight excluding hydrogens is 232 g/mol. The van der Waals surface area contributed by atoms with Gasteiger partial charge >= 0.3 is 5.97 Å². The molecule has 0 aromatic heterocycles. The molecule has 1 N–H and O–H groups in total. The minimum absolute atomic E-state index is 0.158. The third kappa shape index (κ3) is 3.81. The van der Waals surface area contributed by atoms with Crippen molar-refractivity contribution in [3.8, 4) is 0 Å². The van der Waals surface area contributed by atoms with Gasteiger partial charge in [-0.05, 0) is 37.4 Å². The van der Waals surface area contributed by atoms with Crippen molar-refractivity contribution in [2.24, 2.45) is 5.92 Å². The minimum Gasteiger partial charge on any atom is -0.481 e. The van der Waals surface area contributed by atoms with Crippen LogP contribution in [0.15, 0.2) is 0 Å². The fourth-order valence-electron chi connectivity index (χ4n) is 2.07. The van der Waals surface area contributed by atoms with Crippen molar-refractivity contribution in [1.29, 1.82) is 0 Å². The van der Waals surface area contributed by atoms with E-state index in [-0.39, 0.29) is 17.1 Å². The van der Waals surface area contributed by atoms with Crippen molar-refractivity contribution in [2.45, 2.75) is 70.7 Å². The van der Waals surface area contributed by atoms with Crippen LogP contribution in [-0.2, 0) is 9.22 Å². The number of carbonyl (C=O) groups is 1. The van der Waals surface area contributed by atoms with Crippen LogP contribution in [0.4, 0.5) is 0 Å². The molecule has 0 radical (unpaired) electrons. The fraction of sp³-hybridized carbons (Fsp3) is 0.923. The Morgan fingerprint density at radius 1 is 1.29 bits per heavy atom. The summed E-state index contributed by atoms with van der Waals surface area (Å²) in [5.41, 5.74) is 0. The molecule has 0 amide bonds. The van der Waals surface area contributed by atoms with E-state index < -0.39 is 14.3 Å². The molecule has 1 aliphatic carbocycles. The summed E-state index contributed by atoms with van der Waals surface area (Å²) >= 11 is 0. The van der Waals surface area contributed by atoms with Gasteiger partial charge in [0.15, 0.2) is 8.32 Å². The highest BCUT2D eigenvalue weighted by molar-refractivity contribution is 6.74. The Hall–Kier alpha value is -0.353. The molecule has 0 aromatic rings. The van der Waals surface area contributed by atoms with Gasteiger partial charge in [0.1, 0.15) is 0 Å². The summed E-state index contributed by atoms with van der Waals surface area (Å²) in [6.07, 6.45) is 3.67. The Morgan fingerprint density at radius 2 is 1.88 bits per heavy atom. The van der Waals surface area contributed by atoms with Crippen LogP contribution in [-0.4, -0.2) is 25.5 Å². The zero-order valence-electron chi connectivity index (χ0n) is 11.7. The maximum Gasteiger partial charge on any atom is 0.306 e. The molecule has 4 heteroatoms. The Kier molecular flexibility index (Phi) is 4.41. The molecule has 0 aliphatic heterocycles. The van der Waals surface area contributed by atoms with E-state index in [0.717, 1.165) is 19.3 Å². The molecule has 1 aliphatic rings. The van der Waals surface area contributed by atoms with Gasteiger partial charge in [0.2, 0.25) is 0 Å². The molecule has 1 fully saturated rings. The zero-order valence-corrected chi connectivity index (χ0v) is 12.7. The standard InChI is InChI=1S/C13H26O3Si/c1-13(2,3)17(4,5)16-11-8-6-7-10(9-11)12(14)15/h10-11H,6-9H2,1-5H3,(H,14,15). The zero-order chi connectivity index (χ0) is 13.3. The summed E-state index contributed by atoms with van der Waals surface area (Å²) < 4.78 is 6.30. The molecule has 0 heterocycles. The highest BCUT2D eigenvalue weighted by atomic mass is 28.4. The van der Waals surface area contributed by atoms with E-state index in [1.54, 1.807) is 0 Å². The summed E-state index contributed by atoms with van der Waals surface area (Å²) in [5, 5.41) is 9.27. The van der Waals surface area contributed by atoms with Gasteiger partial charge in [0, 0.05) is 6.10 Å². The van der Waals surface area contributed by atoms with Crippen LogP contribution >= 0.6 is 0 Å². The molecule has 2 atom stereocenters. The lowest BCUT2D eigenvalue weighted by atomic mass is 9.87. The molecular formula is C13H26O3Si. The van der Waals surface area contributed by atoms with E-state index in [1.165, 1.54) is 0 Å². The first-order chi connectivity index (χ1) is 7.63. The number of hydrogen-bond acceptors (Lipinski definition) is 2. The van der Waals surface area contributed by atoms with Crippen LogP contribution in [0.2, 0.25) is 18.1 Å². The molecule has 100 valence electrons. The van der Waals surface area contributed by atoms with E-state index in [1.807, 2.05) is 0 Å². The minimum atomic E-state index is -1.75. The van der Waals surface area contributed by atoms with Gasteiger partial charge in [-0.2, -0.15) is 0 Å². The Morgan fingerprint density at radius 3 is 2.35 bits per heavy atom. The van der Waals surface area contributed by atoms with E-state index in [2.05, 4.69) is 33.9 Å². The number of carboxylic acid groups (broad SMARTS) is 1. The quantitative estimate of drug-likeness (QED) is 0.786. The normalized spacial score (nSPS) is 26.9. The smallest absolute Gasteiger partial charge is 0.306 e.